The van der Waals surface area contributed by atoms with Gasteiger partial charge < -0.3 is 15.2 Å². The molecule has 0 saturated carbocycles. The van der Waals surface area contributed by atoms with E-state index in [1.165, 1.54) is 13.1 Å². The van der Waals surface area contributed by atoms with Gasteiger partial charge in [0, 0.05) is 13.0 Å². The lowest BCUT2D eigenvalue weighted by atomic mass is 10.3. The Hall–Kier alpha value is -2.41. The molecule has 0 aliphatic heterocycles. The fourth-order valence-electron chi connectivity index (χ4n) is 1.44. The normalized spacial score (nSPS) is 10.7. The first-order valence-electron chi connectivity index (χ1n) is 5.74. The maximum atomic E-state index is 10.9. The summed E-state index contributed by atoms with van der Waals surface area (Å²) < 4.78 is 5.10. The van der Waals surface area contributed by atoms with E-state index in [0.717, 1.165) is 11.3 Å². The largest absolute Gasteiger partial charge is 0.497 e. The number of aromatic nitrogens is 1. The number of ether oxygens (including phenoxy) is 1. The summed E-state index contributed by atoms with van der Waals surface area (Å²) in [6.07, 6.45) is 1.49. The van der Waals surface area contributed by atoms with Gasteiger partial charge in [0.25, 0.3) is 0 Å². The van der Waals surface area contributed by atoms with Crippen molar-refractivity contribution >= 4 is 34.3 Å². The second-order valence-electron chi connectivity index (χ2n) is 3.85. The standard InChI is InChI=1S/C13H13N3O3S/c1-8(17)15-13-16-12(18)11(20-13)7-14-9-4-3-5-10(6-9)19-2/h3-7,18H,1-2H3,(H,15,16,17). The van der Waals surface area contributed by atoms with Gasteiger partial charge in [-0.3, -0.25) is 9.79 Å². The van der Waals surface area contributed by atoms with E-state index in [1.807, 2.05) is 18.2 Å². The number of amides is 1. The molecular formula is C13H13N3O3S. The van der Waals surface area contributed by atoms with Crippen molar-refractivity contribution in [3.05, 3.63) is 29.1 Å². The van der Waals surface area contributed by atoms with Crippen molar-refractivity contribution in [2.24, 2.45) is 4.99 Å². The van der Waals surface area contributed by atoms with Crippen LogP contribution < -0.4 is 10.1 Å². The molecule has 0 fully saturated rings. The number of carbonyl (C=O) groups excluding carboxylic acids is 1. The first-order valence-corrected chi connectivity index (χ1v) is 6.55. The maximum absolute atomic E-state index is 10.9. The van der Waals surface area contributed by atoms with E-state index in [1.54, 1.807) is 13.2 Å². The molecule has 0 aliphatic carbocycles. The van der Waals surface area contributed by atoms with Gasteiger partial charge >= 0.3 is 0 Å². The molecule has 0 bridgehead atoms. The van der Waals surface area contributed by atoms with Crippen molar-refractivity contribution < 1.29 is 14.6 Å². The Kier molecular flexibility index (Phi) is 4.31. The van der Waals surface area contributed by atoms with Crippen molar-refractivity contribution in [2.45, 2.75) is 6.92 Å². The molecule has 0 radical (unpaired) electrons. The van der Waals surface area contributed by atoms with E-state index in [-0.39, 0.29) is 11.8 Å². The zero-order chi connectivity index (χ0) is 14.5. The van der Waals surface area contributed by atoms with Crippen LogP contribution in [0.15, 0.2) is 29.3 Å². The Labute approximate surface area is 119 Å². The summed E-state index contributed by atoms with van der Waals surface area (Å²) in [5.74, 6) is 0.299. The van der Waals surface area contributed by atoms with Crippen molar-refractivity contribution in [1.82, 2.24) is 4.98 Å². The third-order valence-electron chi connectivity index (χ3n) is 2.30. The van der Waals surface area contributed by atoms with Gasteiger partial charge in [-0.05, 0) is 12.1 Å². The number of aliphatic imine (C=N–C) groups is 1. The molecular weight excluding hydrogens is 278 g/mol. The molecule has 1 heterocycles. The second kappa shape index (κ2) is 6.16. The highest BCUT2D eigenvalue weighted by molar-refractivity contribution is 7.17. The molecule has 2 rings (SSSR count). The Bertz CT molecular complexity index is 652. The van der Waals surface area contributed by atoms with Crippen LogP contribution in [0.1, 0.15) is 11.8 Å². The molecule has 0 unspecified atom stereocenters. The van der Waals surface area contributed by atoms with E-state index in [9.17, 15) is 9.90 Å². The van der Waals surface area contributed by atoms with E-state index in [2.05, 4.69) is 15.3 Å². The number of hydrogen-bond acceptors (Lipinski definition) is 6. The predicted molar refractivity (Wildman–Crippen MR) is 78.3 cm³/mol. The van der Waals surface area contributed by atoms with E-state index in [0.29, 0.717) is 21.4 Å². The van der Waals surface area contributed by atoms with Gasteiger partial charge in [-0.25, -0.2) is 0 Å². The van der Waals surface area contributed by atoms with Gasteiger partial charge in [0.15, 0.2) is 5.13 Å². The molecule has 104 valence electrons. The van der Waals surface area contributed by atoms with Gasteiger partial charge in [0.2, 0.25) is 11.8 Å². The third kappa shape index (κ3) is 3.55. The van der Waals surface area contributed by atoms with Crippen LogP contribution in [0, 0.1) is 0 Å². The summed E-state index contributed by atoms with van der Waals surface area (Å²) in [6, 6.07) is 7.22. The van der Waals surface area contributed by atoms with Crippen LogP contribution in [-0.4, -0.2) is 29.3 Å². The molecule has 20 heavy (non-hydrogen) atoms. The summed E-state index contributed by atoms with van der Waals surface area (Å²) in [4.78, 5) is 19.4. The lowest BCUT2D eigenvalue weighted by molar-refractivity contribution is -0.114. The second-order valence-corrected chi connectivity index (χ2v) is 4.88. The van der Waals surface area contributed by atoms with Crippen LogP contribution in [0.5, 0.6) is 11.6 Å². The molecule has 0 aliphatic rings. The van der Waals surface area contributed by atoms with Crippen LogP contribution in [0.3, 0.4) is 0 Å². The molecule has 2 N–H and O–H groups in total. The van der Waals surface area contributed by atoms with Crippen molar-refractivity contribution in [1.29, 1.82) is 0 Å². The number of nitrogens with one attached hydrogen (secondary N) is 1. The van der Waals surface area contributed by atoms with E-state index >= 15 is 0 Å². The molecule has 1 amide bonds. The molecule has 1 aromatic heterocycles. The van der Waals surface area contributed by atoms with E-state index in [4.69, 9.17) is 4.74 Å². The number of hydrogen-bond donors (Lipinski definition) is 2. The van der Waals surface area contributed by atoms with Crippen LogP contribution in [0.2, 0.25) is 0 Å². The minimum Gasteiger partial charge on any atom is -0.497 e. The minimum absolute atomic E-state index is 0.162. The number of nitrogens with zero attached hydrogens (tertiary/aromatic N) is 2. The summed E-state index contributed by atoms with van der Waals surface area (Å²) in [5.41, 5.74) is 0.693. The van der Waals surface area contributed by atoms with Gasteiger partial charge in [0.1, 0.15) is 10.6 Å². The lowest BCUT2D eigenvalue weighted by Crippen LogP contribution is -2.04. The fourth-order valence-corrected chi connectivity index (χ4v) is 2.21. The monoisotopic (exact) mass is 291 g/mol. The molecule has 0 saturated heterocycles. The maximum Gasteiger partial charge on any atom is 0.233 e. The van der Waals surface area contributed by atoms with Gasteiger partial charge in [0.05, 0.1) is 19.0 Å². The zero-order valence-electron chi connectivity index (χ0n) is 11.0. The summed E-state index contributed by atoms with van der Waals surface area (Å²) in [7, 11) is 1.58. The average Bonchev–Trinajstić information content (AvgIpc) is 2.76. The molecule has 2 aromatic rings. The number of thiazole rings is 1. The highest BCUT2D eigenvalue weighted by atomic mass is 32.1. The summed E-state index contributed by atoms with van der Waals surface area (Å²) in [6.45, 7) is 1.38. The molecule has 6 nitrogen and oxygen atoms in total. The van der Waals surface area contributed by atoms with E-state index < -0.39 is 0 Å². The SMILES string of the molecule is COc1cccc(N=Cc2sc(NC(C)=O)nc2O)c1. The first kappa shape index (κ1) is 14.0. The fraction of sp³-hybridized carbons (Fsp3) is 0.154. The summed E-state index contributed by atoms with van der Waals surface area (Å²) in [5, 5.41) is 12.5. The smallest absolute Gasteiger partial charge is 0.233 e. The topological polar surface area (TPSA) is 83.8 Å². The van der Waals surface area contributed by atoms with Crippen molar-refractivity contribution in [2.75, 3.05) is 12.4 Å². The first-order chi connectivity index (χ1) is 9.58. The average molecular weight is 291 g/mol. The number of benzene rings is 1. The van der Waals surface area contributed by atoms with Crippen LogP contribution in [0.25, 0.3) is 0 Å². The van der Waals surface area contributed by atoms with Gasteiger partial charge in [-0.15, -0.1) is 0 Å². The molecule has 0 spiro atoms. The molecule has 7 heteroatoms. The summed E-state index contributed by atoms with van der Waals surface area (Å²) >= 11 is 1.14. The lowest BCUT2D eigenvalue weighted by Gasteiger charge is -1.99. The van der Waals surface area contributed by atoms with Gasteiger partial charge in [-0.1, -0.05) is 17.4 Å². The highest BCUT2D eigenvalue weighted by Gasteiger charge is 2.09. The van der Waals surface area contributed by atoms with Crippen molar-refractivity contribution in [3.8, 4) is 11.6 Å². The Morgan fingerprint density at radius 3 is 3.05 bits per heavy atom. The molecule has 0 atom stereocenters. The molecule has 1 aromatic carbocycles. The number of aromatic hydroxyl groups is 1. The Morgan fingerprint density at radius 1 is 1.55 bits per heavy atom. The quantitative estimate of drug-likeness (QED) is 0.848. The highest BCUT2D eigenvalue weighted by Crippen LogP contribution is 2.27. The Balaban J connectivity index is 2.18. The van der Waals surface area contributed by atoms with Crippen LogP contribution in [0.4, 0.5) is 10.8 Å². The minimum atomic E-state index is -0.241. The third-order valence-corrected chi connectivity index (χ3v) is 3.20. The number of methoxy groups -OCH3 is 1. The number of anilines is 1. The number of carbonyl (C=O) groups is 1. The Morgan fingerprint density at radius 2 is 2.35 bits per heavy atom. The van der Waals surface area contributed by atoms with Crippen molar-refractivity contribution in [3.63, 3.8) is 0 Å². The van der Waals surface area contributed by atoms with Crippen LogP contribution in [-0.2, 0) is 4.79 Å². The van der Waals surface area contributed by atoms with Gasteiger partial charge in [-0.2, -0.15) is 4.98 Å². The predicted octanol–water partition coefficient (Wildman–Crippen LogP) is 2.57. The number of rotatable bonds is 4. The zero-order valence-corrected chi connectivity index (χ0v) is 11.8. The van der Waals surface area contributed by atoms with Crippen LogP contribution >= 0.6 is 11.3 Å².